The van der Waals surface area contributed by atoms with E-state index in [4.69, 9.17) is 0 Å². The molecule has 1 aliphatic rings. The molecule has 1 saturated carbocycles. The normalized spacial score (nSPS) is 15.4. The van der Waals surface area contributed by atoms with E-state index in [1.54, 1.807) is 0 Å². The van der Waals surface area contributed by atoms with E-state index in [1.165, 1.54) is 5.56 Å². The molecule has 0 spiro atoms. The molecule has 1 N–H and O–H groups in total. The SMILES string of the molecule is CCc1cccc2c(C(=O)C3CC3)c(C)[nH]c12. The summed E-state index contributed by atoms with van der Waals surface area (Å²) in [6.07, 6.45) is 3.13. The van der Waals surface area contributed by atoms with Crippen LogP contribution in [0.15, 0.2) is 18.2 Å². The second-order valence-corrected chi connectivity index (χ2v) is 4.96. The van der Waals surface area contributed by atoms with Crippen molar-refractivity contribution in [1.82, 2.24) is 4.98 Å². The maximum absolute atomic E-state index is 12.3. The third-order valence-corrected chi connectivity index (χ3v) is 3.68. The summed E-state index contributed by atoms with van der Waals surface area (Å²) < 4.78 is 0. The smallest absolute Gasteiger partial charge is 0.168 e. The fraction of sp³-hybridized carbons (Fsp3) is 0.400. The maximum atomic E-state index is 12.3. The standard InChI is InChI=1S/C15H17NO/c1-3-10-5-4-6-12-13(9(2)16-14(10)12)15(17)11-7-8-11/h4-6,11,16H,3,7-8H2,1-2H3. The molecule has 0 atom stereocenters. The van der Waals surface area contributed by atoms with Gasteiger partial charge >= 0.3 is 0 Å². The number of carbonyl (C=O) groups is 1. The molecule has 0 amide bonds. The van der Waals surface area contributed by atoms with E-state index in [0.717, 1.165) is 41.4 Å². The zero-order valence-electron chi connectivity index (χ0n) is 10.3. The number of ketones is 1. The first kappa shape index (κ1) is 10.6. The molecule has 1 aliphatic carbocycles. The summed E-state index contributed by atoms with van der Waals surface area (Å²) in [7, 11) is 0. The highest BCUT2D eigenvalue weighted by molar-refractivity contribution is 6.11. The number of aromatic amines is 1. The van der Waals surface area contributed by atoms with E-state index in [-0.39, 0.29) is 5.92 Å². The predicted octanol–water partition coefficient (Wildman–Crippen LogP) is 3.63. The zero-order chi connectivity index (χ0) is 12.0. The van der Waals surface area contributed by atoms with Gasteiger partial charge in [-0.05, 0) is 31.7 Å². The Balaban J connectivity index is 2.23. The van der Waals surface area contributed by atoms with Crippen LogP contribution in [0.1, 0.15) is 41.4 Å². The van der Waals surface area contributed by atoms with Crippen molar-refractivity contribution < 1.29 is 4.79 Å². The largest absolute Gasteiger partial charge is 0.358 e. The highest BCUT2D eigenvalue weighted by Crippen LogP contribution is 2.36. The van der Waals surface area contributed by atoms with Gasteiger partial charge in [-0.3, -0.25) is 4.79 Å². The molecule has 0 bridgehead atoms. The van der Waals surface area contributed by atoms with Crippen molar-refractivity contribution in [2.24, 2.45) is 5.92 Å². The second-order valence-electron chi connectivity index (χ2n) is 4.96. The van der Waals surface area contributed by atoms with Gasteiger partial charge in [0.05, 0.1) is 0 Å². The number of benzene rings is 1. The molecule has 1 aromatic heterocycles. The summed E-state index contributed by atoms with van der Waals surface area (Å²) >= 11 is 0. The molecule has 0 radical (unpaired) electrons. The van der Waals surface area contributed by atoms with E-state index >= 15 is 0 Å². The fourth-order valence-corrected chi connectivity index (χ4v) is 2.57. The third kappa shape index (κ3) is 1.59. The Morgan fingerprint density at radius 2 is 2.18 bits per heavy atom. The first-order valence-corrected chi connectivity index (χ1v) is 6.36. The number of carbonyl (C=O) groups excluding carboxylic acids is 1. The minimum atomic E-state index is 0.290. The van der Waals surface area contributed by atoms with Gasteiger partial charge in [-0.15, -0.1) is 0 Å². The minimum Gasteiger partial charge on any atom is -0.358 e. The summed E-state index contributed by atoms with van der Waals surface area (Å²) in [6.45, 7) is 4.16. The number of hydrogen-bond acceptors (Lipinski definition) is 1. The van der Waals surface area contributed by atoms with Crippen molar-refractivity contribution >= 4 is 16.7 Å². The van der Waals surface area contributed by atoms with Crippen LogP contribution in [0.25, 0.3) is 10.9 Å². The number of aryl methyl sites for hydroxylation is 2. The van der Waals surface area contributed by atoms with Crippen molar-refractivity contribution in [3.8, 4) is 0 Å². The van der Waals surface area contributed by atoms with E-state index in [9.17, 15) is 4.79 Å². The fourth-order valence-electron chi connectivity index (χ4n) is 2.57. The van der Waals surface area contributed by atoms with Gasteiger partial charge in [-0.2, -0.15) is 0 Å². The highest BCUT2D eigenvalue weighted by atomic mass is 16.1. The van der Waals surface area contributed by atoms with Crippen molar-refractivity contribution in [3.63, 3.8) is 0 Å². The summed E-state index contributed by atoms with van der Waals surface area (Å²) in [5, 5.41) is 1.11. The molecule has 17 heavy (non-hydrogen) atoms. The van der Waals surface area contributed by atoms with Gasteiger partial charge in [0.1, 0.15) is 0 Å². The number of hydrogen-bond donors (Lipinski definition) is 1. The van der Waals surface area contributed by atoms with Crippen LogP contribution in [0.2, 0.25) is 0 Å². The molecule has 2 heteroatoms. The lowest BCUT2D eigenvalue weighted by Gasteiger charge is -2.00. The number of aromatic nitrogens is 1. The Labute approximate surface area is 101 Å². The van der Waals surface area contributed by atoms with Crippen LogP contribution in [0.5, 0.6) is 0 Å². The van der Waals surface area contributed by atoms with E-state index in [1.807, 2.05) is 6.92 Å². The molecular formula is C15H17NO. The number of H-pyrrole nitrogens is 1. The van der Waals surface area contributed by atoms with E-state index < -0.39 is 0 Å². The Morgan fingerprint density at radius 1 is 1.41 bits per heavy atom. The quantitative estimate of drug-likeness (QED) is 0.798. The Hall–Kier alpha value is -1.57. The van der Waals surface area contributed by atoms with Crippen LogP contribution < -0.4 is 0 Å². The molecule has 0 saturated heterocycles. The first-order chi connectivity index (χ1) is 8.22. The van der Waals surface area contributed by atoms with Crippen LogP contribution in [-0.2, 0) is 6.42 Å². The molecule has 88 valence electrons. The maximum Gasteiger partial charge on any atom is 0.168 e. The molecule has 2 nitrogen and oxygen atoms in total. The molecule has 1 heterocycles. The minimum absolute atomic E-state index is 0.290. The van der Waals surface area contributed by atoms with E-state index in [2.05, 4.69) is 30.1 Å². The topological polar surface area (TPSA) is 32.9 Å². The lowest BCUT2D eigenvalue weighted by atomic mass is 10.0. The number of nitrogens with one attached hydrogen (secondary N) is 1. The molecule has 0 aliphatic heterocycles. The summed E-state index contributed by atoms with van der Waals surface area (Å²) in [4.78, 5) is 15.7. The third-order valence-electron chi connectivity index (χ3n) is 3.68. The molecule has 1 aromatic carbocycles. The van der Waals surface area contributed by atoms with Gasteiger partial charge in [0.25, 0.3) is 0 Å². The molecule has 3 rings (SSSR count). The van der Waals surface area contributed by atoms with E-state index in [0.29, 0.717) is 5.78 Å². The Morgan fingerprint density at radius 3 is 2.82 bits per heavy atom. The second kappa shape index (κ2) is 3.73. The molecule has 2 aromatic rings. The van der Waals surface area contributed by atoms with Crippen molar-refractivity contribution in [2.45, 2.75) is 33.1 Å². The summed E-state index contributed by atoms with van der Waals surface area (Å²) in [5.74, 6) is 0.625. The van der Waals surface area contributed by atoms with Gasteiger partial charge in [-0.1, -0.05) is 25.1 Å². The Kier molecular flexibility index (Phi) is 2.32. The van der Waals surface area contributed by atoms with Gasteiger partial charge in [0.15, 0.2) is 5.78 Å². The number of para-hydroxylation sites is 1. The lowest BCUT2D eigenvalue weighted by Crippen LogP contribution is -2.02. The van der Waals surface area contributed by atoms with Crippen LogP contribution >= 0.6 is 0 Å². The van der Waals surface area contributed by atoms with Gasteiger partial charge in [-0.25, -0.2) is 0 Å². The van der Waals surface area contributed by atoms with Crippen LogP contribution in [0, 0.1) is 12.8 Å². The van der Waals surface area contributed by atoms with Crippen molar-refractivity contribution in [3.05, 3.63) is 35.0 Å². The van der Waals surface area contributed by atoms with Crippen LogP contribution in [-0.4, -0.2) is 10.8 Å². The van der Waals surface area contributed by atoms with Gasteiger partial charge in [0, 0.05) is 28.1 Å². The monoisotopic (exact) mass is 227 g/mol. The summed E-state index contributed by atoms with van der Waals surface area (Å²) in [6, 6.07) is 6.25. The Bertz CT molecular complexity index is 590. The molecule has 1 fully saturated rings. The highest BCUT2D eigenvalue weighted by Gasteiger charge is 2.33. The van der Waals surface area contributed by atoms with Crippen molar-refractivity contribution in [2.75, 3.05) is 0 Å². The summed E-state index contributed by atoms with van der Waals surface area (Å²) in [5.41, 5.74) is 4.40. The van der Waals surface area contributed by atoms with Crippen LogP contribution in [0.4, 0.5) is 0 Å². The average molecular weight is 227 g/mol. The zero-order valence-corrected chi connectivity index (χ0v) is 10.3. The molecular weight excluding hydrogens is 210 g/mol. The van der Waals surface area contributed by atoms with Crippen LogP contribution in [0.3, 0.4) is 0 Å². The van der Waals surface area contributed by atoms with Gasteiger partial charge < -0.3 is 4.98 Å². The predicted molar refractivity (Wildman–Crippen MR) is 69.5 cm³/mol. The molecule has 0 unspecified atom stereocenters. The first-order valence-electron chi connectivity index (χ1n) is 6.36. The number of fused-ring (bicyclic) bond motifs is 1. The van der Waals surface area contributed by atoms with Gasteiger partial charge in [0.2, 0.25) is 0 Å². The van der Waals surface area contributed by atoms with Crippen molar-refractivity contribution in [1.29, 1.82) is 0 Å². The average Bonchev–Trinajstić information content (AvgIpc) is 3.10. The number of Topliss-reactive ketones (excluding diaryl/α,β-unsaturated/α-hetero) is 1. The lowest BCUT2D eigenvalue weighted by molar-refractivity contribution is 0.0968. The number of rotatable bonds is 3.